The second-order valence-electron chi connectivity index (χ2n) is 2.55. The van der Waals surface area contributed by atoms with E-state index >= 15 is 0 Å². The molecule has 0 N–H and O–H groups in total. The number of benzene rings is 1. The fourth-order valence-electron chi connectivity index (χ4n) is 0.916. The molecule has 0 bridgehead atoms. The topological polar surface area (TPSA) is 0 Å². The Morgan fingerprint density at radius 3 is 2.77 bits per heavy atom. The van der Waals surface area contributed by atoms with Crippen LogP contribution in [-0.2, 0) is 0 Å². The lowest BCUT2D eigenvalue weighted by molar-refractivity contribution is 0.598. The van der Waals surface area contributed by atoms with Gasteiger partial charge < -0.3 is 0 Å². The zero-order chi connectivity index (χ0) is 9.68. The largest absolute Gasteiger partial charge is 0.207 e. The van der Waals surface area contributed by atoms with Crippen molar-refractivity contribution in [3.63, 3.8) is 0 Å². The highest BCUT2D eigenvalue weighted by Gasteiger charge is 1.98. The lowest BCUT2D eigenvalue weighted by Crippen LogP contribution is -1.83. The van der Waals surface area contributed by atoms with Crippen LogP contribution in [0.4, 0.5) is 8.78 Å². The first-order valence-electron chi connectivity index (χ1n) is 3.91. The van der Waals surface area contributed by atoms with E-state index in [1.165, 1.54) is 6.07 Å². The van der Waals surface area contributed by atoms with Gasteiger partial charge in [-0.2, -0.15) is 0 Å². The van der Waals surface area contributed by atoms with E-state index in [9.17, 15) is 8.78 Å². The fraction of sp³-hybridized carbons (Fsp3) is 0.200. The maximum atomic E-state index is 13.0. The van der Waals surface area contributed by atoms with E-state index in [1.807, 2.05) is 0 Å². The zero-order valence-corrected chi connectivity index (χ0v) is 8.52. The maximum absolute atomic E-state index is 13.0. The number of halogens is 3. The molecule has 0 saturated carbocycles. The van der Waals surface area contributed by atoms with Crippen LogP contribution in [0.5, 0.6) is 0 Å². The second-order valence-corrected chi connectivity index (χ2v) is 3.34. The summed E-state index contributed by atoms with van der Waals surface area (Å²) < 4.78 is 25.6. The minimum Gasteiger partial charge on any atom is -0.207 e. The summed E-state index contributed by atoms with van der Waals surface area (Å²) >= 11 is 3.24. The lowest BCUT2D eigenvalue weighted by atomic mass is 10.2. The van der Waals surface area contributed by atoms with Crippen LogP contribution in [0.3, 0.4) is 0 Å². The van der Waals surface area contributed by atoms with Gasteiger partial charge in [0.1, 0.15) is 11.6 Å². The molecule has 0 atom stereocenters. The maximum Gasteiger partial charge on any atom is 0.130 e. The van der Waals surface area contributed by atoms with Gasteiger partial charge in [-0.1, -0.05) is 28.1 Å². The van der Waals surface area contributed by atoms with Crippen LogP contribution in [0.1, 0.15) is 12.0 Å². The number of hydrogen-bond acceptors (Lipinski definition) is 0. The Balaban J connectivity index is 2.81. The first kappa shape index (κ1) is 10.4. The first-order valence-corrected chi connectivity index (χ1v) is 5.03. The summed E-state index contributed by atoms with van der Waals surface area (Å²) in [6, 6.07) is 3.42. The van der Waals surface area contributed by atoms with Gasteiger partial charge in [0.05, 0.1) is 0 Å². The van der Waals surface area contributed by atoms with Gasteiger partial charge >= 0.3 is 0 Å². The van der Waals surface area contributed by atoms with Gasteiger partial charge in [-0.3, -0.25) is 0 Å². The van der Waals surface area contributed by atoms with Crippen molar-refractivity contribution in [2.24, 2.45) is 0 Å². The number of rotatable bonds is 3. The summed E-state index contributed by atoms with van der Waals surface area (Å²) in [5.41, 5.74) is 0.293. The van der Waals surface area contributed by atoms with E-state index in [4.69, 9.17) is 0 Å². The van der Waals surface area contributed by atoms with Crippen LogP contribution in [0.25, 0.3) is 6.08 Å². The molecule has 1 aromatic rings. The highest BCUT2D eigenvalue weighted by atomic mass is 79.9. The fourth-order valence-corrected chi connectivity index (χ4v) is 1.18. The van der Waals surface area contributed by atoms with E-state index < -0.39 is 11.6 Å². The van der Waals surface area contributed by atoms with Crippen LogP contribution in [0.2, 0.25) is 0 Å². The molecule has 0 aromatic heterocycles. The molecule has 0 spiro atoms. The van der Waals surface area contributed by atoms with Crippen LogP contribution >= 0.6 is 15.9 Å². The Kier molecular flexibility index (Phi) is 4.09. The highest BCUT2D eigenvalue weighted by molar-refractivity contribution is 9.09. The predicted molar refractivity (Wildman–Crippen MR) is 53.8 cm³/mol. The predicted octanol–water partition coefficient (Wildman–Crippen LogP) is 3.76. The minimum atomic E-state index is -0.417. The van der Waals surface area contributed by atoms with Gasteiger partial charge in [-0.05, 0) is 24.6 Å². The van der Waals surface area contributed by atoms with Crippen LogP contribution in [-0.4, -0.2) is 5.33 Å². The average Bonchev–Trinajstić information content (AvgIpc) is 2.11. The van der Waals surface area contributed by atoms with E-state index in [0.29, 0.717) is 5.56 Å². The Morgan fingerprint density at radius 1 is 1.31 bits per heavy atom. The molecule has 0 nitrogen and oxygen atoms in total. The molecule has 0 radical (unpaired) electrons. The first-order chi connectivity index (χ1) is 6.24. The molecule has 0 fully saturated rings. The van der Waals surface area contributed by atoms with E-state index in [-0.39, 0.29) is 0 Å². The number of hydrogen-bond donors (Lipinski definition) is 0. The molecule has 1 rings (SSSR count). The van der Waals surface area contributed by atoms with Crippen molar-refractivity contribution in [1.29, 1.82) is 0 Å². The quantitative estimate of drug-likeness (QED) is 0.713. The van der Waals surface area contributed by atoms with Crippen LogP contribution in [0, 0.1) is 11.6 Å². The van der Waals surface area contributed by atoms with Gasteiger partial charge in [0, 0.05) is 10.9 Å². The Bertz CT molecular complexity index is 308. The van der Waals surface area contributed by atoms with Gasteiger partial charge in [0.25, 0.3) is 0 Å². The third-order valence-corrected chi connectivity index (χ3v) is 1.99. The number of allylic oxidation sites excluding steroid dienone is 1. The molecule has 1 aromatic carbocycles. The summed E-state index contributed by atoms with van der Waals surface area (Å²) in [5, 5.41) is 0.820. The van der Waals surface area contributed by atoms with Crippen molar-refractivity contribution in [3.05, 3.63) is 41.5 Å². The van der Waals surface area contributed by atoms with E-state index in [1.54, 1.807) is 12.2 Å². The number of alkyl halides is 1. The molecule has 0 aliphatic rings. The average molecular weight is 247 g/mol. The molecular weight excluding hydrogens is 238 g/mol. The van der Waals surface area contributed by atoms with Gasteiger partial charge in [-0.15, -0.1) is 0 Å². The highest BCUT2D eigenvalue weighted by Crippen LogP contribution is 2.11. The molecule has 0 saturated heterocycles. The van der Waals surface area contributed by atoms with Crippen molar-refractivity contribution >= 4 is 22.0 Å². The molecule has 13 heavy (non-hydrogen) atoms. The summed E-state index contributed by atoms with van der Waals surface area (Å²) in [7, 11) is 0. The molecular formula is C10H9BrF2. The smallest absolute Gasteiger partial charge is 0.130 e. The minimum absolute atomic E-state index is 0.293. The molecule has 0 aliphatic carbocycles. The van der Waals surface area contributed by atoms with Crippen molar-refractivity contribution in [2.75, 3.05) is 5.33 Å². The molecule has 0 unspecified atom stereocenters. The van der Waals surface area contributed by atoms with Crippen molar-refractivity contribution < 1.29 is 8.78 Å². The van der Waals surface area contributed by atoms with Crippen LogP contribution < -0.4 is 0 Å². The van der Waals surface area contributed by atoms with E-state index in [0.717, 1.165) is 23.9 Å². The normalized spacial score (nSPS) is 11.0. The molecule has 70 valence electrons. The second kappa shape index (κ2) is 5.12. The molecule has 0 aliphatic heterocycles. The summed E-state index contributed by atoms with van der Waals surface area (Å²) in [4.78, 5) is 0. The Labute approximate surface area is 84.4 Å². The molecule has 3 heteroatoms. The monoisotopic (exact) mass is 246 g/mol. The van der Waals surface area contributed by atoms with E-state index in [2.05, 4.69) is 15.9 Å². The molecule has 0 heterocycles. The van der Waals surface area contributed by atoms with Gasteiger partial charge in [0.15, 0.2) is 0 Å². The summed E-state index contributed by atoms with van der Waals surface area (Å²) in [6.07, 6.45) is 4.18. The van der Waals surface area contributed by atoms with Gasteiger partial charge in [-0.25, -0.2) is 8.78 Å². The van der Waals surface area contributed by atoms with Crippen molar-refractivity contribution in [3.8, 4) is 0 Å². The Morgan fingerprint density at radius 2 is 2.08 bits per heavy atom. The Hall–Kier alpha value is -0.700. The summed E-state index contributed by atoms with van der Waals surface area (Å²) in [6.45, 7) is 0. The summed E-state index contributed by atoms with van der Waals surface area (Å²) in [5.74, 6) is -0.813. The van der Waals surface area contributed by atoms with Crippen molar-refractivity contribution in [2.45, 2.75) is 6.42 Å². The SMILES string of the molecule is Fc1ccc(F)c(C=CCCBr)c1. The lowest BCUT2D eigenvalue weighted by Gasteiger charge is -1.95. The standard InChI is InChI=1S/C10H9BrF2/c11-6-2-1-3-8-7-9(12)4-5-10(8)13/h1,3-5,7H,2,6H2. The third-order valence-electron chi connectivity index (χ3n) is 1.53. The third kappa shape index (κ3) is 3.27. The van der Waals surface area contributed by atoms with Gasteiger partial charge in [0.2, 0.25) is 0 Å². The zero-order valence-electron chi connectivity index (χ0n) is 6.93. The van der Waals surface area contributed by atoms with Crippen LogP contribution in [0.15, 0.2) is 24.3 Å². The van der Waals surface area contributed by atoms with Crippen molar-refractivity contribution in [1.82, 2.24) is 0 Å². The molecule has 0 amide bonds.